The second-order valence-corrected chi connectivity index (χ2v) is 4.23. The van der Waals surface area contributed by atoms with Crippen LogP contribution in [0.25, 0.3) is 0 Å². The van der Waals surface area contributed by atoms with E-state index in [4.69, 9.17) is 9.47 Å². The van der Waals surface area contributed by atoms with Crippen LogP contribution < -0.4 is 0 Å². The number of hydrogen-bond donors (Lipinski definition) is 0. The Morgan fingerprint density at radius 1 is 1.17 bits per heavy atom. The van der Waals surface area contributed by atoms with Gasteiger partial charge in [-0.05, 0) is 18.9 Å². The Morgan fingerprint density at radius 2 is 1.72 bits per heavy atom. The molecule has 0 aromatic rings. The van der Waals surface area contributed by atoms with Gasteiger partial charge in [0.15, 0.2) is 18.0 Å². The fourth-order valence-electron chi connectivity index (χ4n) is 2.17. The van der Waals surface area contributed by atoms with Crippen LogP contribution in [0, 0.1) is 0 Å². The number of rotatable bonds is 2. The number of carbonyl (C=O) groups is 2. The molecule has 0 aromatic heterocycles. The lowest BCUT2D eigenvalue weighted by Crippen LogP contribution is -2.38. The van der Waals surface area contributed by atoms with E-state index in [-0.39, 0.29) is 0 Å². The first-order chi connectivity index (χ1) is 8.62. The number of esters is 2. The molecule has 1 aliphatic carbocycles. The lowest BCUT2D eigenvalue weighted by molar-refractivity contribution is -0.170. The van der Waals surface area contributed by atoms with E-state index < -0.39 is 29.9 Å². The molecule has 2 atom stereocenters. The summed E-state index contributed by atoms with van der Waals surface area (Å²) >= 11 is 0. The second-order valence-electron chi connectivity index (χ2n) is 4.23. The molecule has 1 heterocycles. The van der Waals surface area contributed by atoms with Gasteiger partial charge in [0, 0.05) is 6.42 Å². The molecule has 0 radical (unpaired) electrons. The maximum absolute atomic E-state index is 11.6. The standard InChI is InChI=1S/C12H16O6/c1-15-10(13)8-9(11(14)16-2)18-12(17-8)6-4-3-5-7-12/h4,6,8-9H,3,5,7H2,1-2H3/t8-,9-/m1/s1. The van der Waals surface area contributed by atoms with Crippen molar-refractivity contribution in [1.29, 1.82) is 0 Å². The third kappa shape index (κ3) is 2.26. The van der Waals surface area contributed by atoms with Crippen molar-refractivity contribution in [2.45, 2.75) is 37.3 Å². The summed E-state index contributed by atoms with van der Waals surface area (Å²) in [5.74, 6) is -2.28. The zero-order valence-corrected chi connectivity index (χ0v) is 10.4. The molecule has 1 saturated heterocycles. The molecule has 6 nitrogen and oxygen atoms in total. The van der Waals surface area contributed by atoms with Crippen LogP contribution >= 0.6 is 0 Å². The Kier molecular flexibility index (Phi) is 3.68. The number of methoxy groups -OCH3 is 2. The van der Waals surface area contributed by atoms with Gasteiger partial charge in [-0.25, -0.2) is 9.59 Å². The first kappa shape index (κ1) is 13.0. The number of ether oxygens (including phenoxy) is 4. The summed E-state index contributed by atoms with van der Waals surface area (Å²) < 4.78 is 20.4. The molecule has 1 spiro atoms. The number of carbonyl (C=O) groups excluding carboxylic acids is 2. The molecular formula is C12H16O6. The van der Waals surface area contributed by atoms with Gasteiger partial charge in [0.25, 0.3) is 0 Å². The first-order valence-corrected chi connectivity index (χ1v) is 5.81. The van der Waals surface area contributed by atoms with Gasteiger partial charge in [0.1, 0.15) is 0 Å². The van der Waals surface area contributed by atoms with E-state index in [9.17, 15) is 9.59 Å². The maximum Gasteiger partial charge on any atom is 0.338 e. The van der Waals surface area contributed by atoms with Gasteiger partial charge in [-0.2, -0.15) is 0 Å². The van der Waals surface area contributed by atoms with Crippen molar-refractivity contribution in [2.24, 2.45) is 0 Å². The van der Waals surface area contributed by atoms with E-state index in [1.165, 1.54) is 14.2 Å². The Labute approximate surface area is 105 Å². The molecule has 1 fully saturated rings. The minimum Gasteiger partial charge on any atom is -0.467 e. The fraction of sp³-hybridized carbons (Fsp3) is 0.667. The summed E-state index contributed by atoms with van der Waals surface area (Å²) in [6.07, 6.45) is 3.91. The lowest BCUT2D eigenvalue weighted by Gasteiger charge is -2.26. The summed E-state index contributed by atoms with van der Waals surface area (Å²) in [6, 6.07) is 0. The van der Waals surface area contributed by atoms with Gasteiger partial charge in [0.05, 0.1) is 14.2 Å². The summed E-state index contributed by atoms with van der Waals surface area (Å²) in [5, 5.41) is 0. The van der Waals surface area contributed by atoms with Crippen molar-refractivity contribution in [1.82, 2.24) is 0 Å². The van der Waals surface area contributed by atoms with Crippen LogP contribution in [0.2, 0.25) is 0 Å². The van der Waals surface area contributed by atoms with Crippen molar-refractivity contribution in [3.8, 4) is 0 Å². The second kappa shape index (κ2) is 5.07. The van der Waals surface area contributed by atoms with Gasteiger partial charge < -0.3 is 18.9 Å². The largest absolute Gasteiger partial charge is 0.467 e. The summed E-state index contributed by atoms with van der Waals surface area (Å²) in [5.41, 5.74) is 0. The molecule has 6 heteroatoms. The smallest absolute Gasteiger partial charge is 0.338 e. The highest BCUT2D eigenvalue weighted by molar-refractivity contribution is 5.86. The summed E-state index contributed by atoms with van der Waals surface area (Å²) in [7, 11) is 2.48. The summed E-state index contributed by atoms with van der Waals surface area (Å²) in [4.78, 5) is 23.2. The zero-order valence-electron chi connectivity index (χ0n) is 10.4. The van der Waals surface area contributed by atoms with Crippen LogP contribution in [-0.2, 0) is 28.5 Å². The van der Waals surface area contributed by atoms with Gasteiger partial charge in [-0.15, -0.1) is 0 Å². The zero-order chi connectivity index (χ0) is 13.2. The van der Waals surface area contributed by atoms with Crippen LogP contribution in [0.15, 0.2) is 12.2 Å². The van der Waals surface area contributed by atoms with Crippen molar-refractivity contribution < 1.29 is 28.5 Å². The van der Waals surface area contributed by atoms with Crippen LogP contribution in [0.4, 0.5) is 0 Å². The van der Waals surface area contributed by atoms with Crippen LogP contribution in [0.5, 0.6) is 0 Å². The first-order valence-electron chi connectivity index (χ1n) is 5.81. The predicted molar refractivity (Wildman–Crippen MR) is 59.5 cm³/mol. The SMILES string of the molecule is COC(=O)[C@@H]1OC2(C=CCCC2)O[C@H]1C(=O)OC. The lowest BCUT2D eigenvalue weighted by atomic mass is 10.0. The van der Waals surface area contributed by atoms with E-state index in [1.54, 1.807) is 6.08 Å². The van der Waals surface area contributed by atoms with E-state index in [0.29, 0.717) is 6.42 Å². The highest BCUT2D eigenvalue weighted by atomic mass is 16.8. The average molecular weight is 256 g/mol. The predicted octanol–water partition coefficient (Wildman–Crippen LogP) is 0.553. The Bertz CT molecular complexity index is 351. The molecule has 0 bridgehead atoms. The Hall–Kier alpha value is -1.40. The minimum atomic E-state index is -1.08. The highest BCUT2D eigenvalue weighted by Gasteiger charge is 2.53. The third-order valence-electron chi connectivity index (χ3n) is 3.06. The van der Waals surface area contributed by atoms with E-state index in [0.717, 1.165) is 12.8 Å². The van der Waals surface area contributed by atoms with Gasteiger partial charge >= 0.3 is 11.9 Å². The van der Waals surface area contributed by atoms with Crippen molar-refractivity contribution >= 4 is 11.9 Å². The number of hydrogen-bond acceptors (Lipinski definition) is 6. The molecule has 100 valence electrons. The molecule has 2 aliphatic rings. The molecule has 0 aromatic carbocycles. The molecule has 0 N–H and O–H groups in total. The topological polar surface area (TPSA) is 71.1 Å². The van der Waals surface area contributed by atoms with Gasteiger partial charge in [0.2, 0.25) is 0 Å². The summed E-state index contributed by atoms with van der Waals surface area (Å²) in [6.45, 7) is 0. The number of allylic oxidation sites excluding steroid dienone is 1. The molecule has 1 aliphatic heterocycles. The van der Waals surface area contributed by atoms with Gasteiger partial charge in [-0.3, -0.25) is 0 Å². The Morgan fingerprint density at radius 3 is 2.11 bits per heavy atom. The third-order valence-corrected chi connectivity index (χ3v) is 3.06. The highest BCUT2D eigenvalue weighted by Crippen LogP contribution is 2.37. The molecule has 18 heavy (non-hydrogen) atoms. The van der Waals surface area contributed by atoms with Crippen molar-refractivity contribution in [3.63, 3.8) is 0 Å². The molecule has 0 amide bonds. The van der Waals surface area contributed by atoms with Crippen LogP contribution in [0.1, 0.15) is 19.3 Å². The monoisotopic (exact) mass is 256 g/mol. The molecule has 2 rings (SSSR count). The van der Waals surface area contributed by atoms with E-state index in [1.807, 2.05) is 6.08 Å². The van der Waals surface area contributed by atoms with Crippen molar-refractivity contribution in [2.75, 3.05) is 14.2 Å². The maximum atomic E-state index is 11.6. The van der Waals surface area contributed by atoms with Crippen molar-refractivity contribution in [3.05, 3.63) is 12.2 Å². The van der Waals surface area contributed by atoms with E-state index in [2.05, 4.69) is 9.47 Å². The normalized spacial score (nSPS) is 29.2. The fourth-order valence-corrected chi connectivity index (χ4v) is 2.17. The Balaban J connectivity index is 2.22. The van der Waals surface area contributed by atoms with Crippen LogP contribution in [0.3, 0.4) is 0 Å². The van der Waals surface area contributed by atoms with E-state index >= 15 is 0 Å². The van der Waals surface area contributed by atoms with Crippen LogP contribution in [-0.4, -0.2) is 44.2 Å². The molecule has 0 unspecified atom stereocenters. The minimum absolute atomic E-state index is 0.602. The average Bonchev–Trinajstić information content (AvgIpc) is 2.77. The van der Waals surface area contributed by atoms with Gasteiger partial charge in [-0.1, -0.05) is 6.08 Å². The molecule has 0 saturated carbocycles. The quantitative estimate of drug-likeness (QED) is 0.531. The molecular weight excluding hydrogens is 240 g/mol.